The summed E-state index contributed by atoms with van der Waals surface area (Å²) in [5, 5.41) is 12.5. The molecule has 0 saturated carbocycles. The minimum absolute atomic E-state index is 0.127. The summed E-state index contributed by atoms with van der Waals surface area (Å²) >= 11 is 0. The average Bonchev–Trinajstić information content (AvgIpc) is 2.67. The molecule has 0 aliphatic carbocycles. The van der Waals surface area contributed by atoms with E-state index in [4.69, 9.17) is 9.63 Å². The van der Waals surface area contributed by atoms with Crippen molar-refractivity contribution in [3.63, 3.8) is 0 Å². The number of rotatable bonds is 2. The van der Waals surface area contributed by atoms with Gasteiger partial charge >= 0.3 is 0 Å². The molecule has 2 aromatic rings. The number of hydrogen-bond acceptors (Lipinski definition) is 4. The molecule has 4 heteroatoms. The van der Waals surface area contributed by atoms with Crippen LogP contribution in [0.4, 0.5) is 0 Å². The van der Waals surface area contributed by atoms with Gasteiger partial charge in [0.15, 0.2) is 5.76 Å². The number of pyridine rings is 1. The Hall–Kier alpha value is -1.68. The van der Waals surface area contributed by atoms with E-state index in [-0.39, 0.29) is 6.61 Å². The van der Waals surface area contributed by atoms with E-state index in [9.17, 15) is 0 Å². The molecule has 1 N–H and O–H groups in total. The Labute approximate surface area is 74.8 Å². The quantitative estimate of drug-likeness (QED) is 0.747. The molecule has 0 aromatic carbocycles. The van der Waals surface area contributed by atoms with Crippen molar-refractivity contribution in [3.8, 4) is 11.3 Å². The fourth-order valence-electron chi connectivity index (χ4n) is 1.05. The van der Waals surface area contributed by atoms with Gasteiger partial charge in [0.25, 0.3) is 0 Å². The van der Waals surface area contributed by atoms with Gasteiger partial charge in [0.05, 0.1) is 0 Å². The molecule has 2 aromatic heterocycles. The van der Waals surface area contributed by atoms with E-state index in [0.717, 1.165) is 5.56 Å². The zero-order valence-corrected chi connectivity index (χ0v) is 6.84. The third-order valence-electron chi connectivity index (χ3n) is 1.69. The van der Waals surface area contributed by atoms with Gasteiger partial charge in [-0.25, -0.2) is 0 Å². The maximum Gasteiger partial charge on any atom is 0.162 e. The molecular weight excluding hydrogens is 168 g/mol. The van der Waals surface area contributed by atoms with Crippen molar-refractivity contribution in [2.45, 2.75) is 6.61 Å². The van der Waals surface area contributed by atoms with E-state index < -0.39 is 0 Å². The Balaban J connectivity index is 2.36. The van der Waals surface area contributed by atoms with Crippen molar-refractivity contribution < 1.29 is 9.63 Å². The molecule has 0 aliphatic rings. The second-order valence-corrected chi connectivity index (χ2v) is 2.57. The number of nitrogens with zero attached hydrogens (tertiary/aromatic N) is 2. The molecular formula is C9H8N2O2. The Morgan fingerprint density at radius 3 is 2.69 bits per heavy atom. The highest BCUT2D eigenvalue weighted by Gasteiger charge is 2.04. The predicted octanol–water partition coefficient (Wildman–Crippen LogP) is 1.23. The summed E-state index contributed by atoms with van der Waals surface area (Å²) in [6.07, 6.45) is 3.37. The molecule has 0 atom stereocenters. The molecule has 13 heavy (non-hydrogen) atoms. The molecule has 0 aliphatic heterocycles. The van der Waals surface area contributed by atoms with Gasteiger partial charge in [0.1, 0.15) is 12.3 Å². The van der Waals surface area contributed by atoms with Gasteiger partial charge in [0.2, 0.25) is 0 Å². The summed E-state index contributed by atoms with van der Waals surface area (Å²) in [4.78, 5) is 3.89. The molecule has 2 heterocycles. The van der Waals surface area contributed by atoms with Gasteiger partial charge in [-0.15, -0.1) is 0 Å². The van der Waals surface area contributed by atoms with Crippen LogP contribution in [0.2, 0.25) is 0 Å². The van der Waals surface area contributed by atoms with Crippen LogP contribution in [0.15, 0.2) is 35.1 Å². The third kappa shape index (κ3) is 1.57. The minimum atomic E-state index is -0.127. The average molecular weight is 176 g/mol. The maximum atomic E-state index is 8.75. The van der Waals surface area contributed by atoms with E-state index in [1.54, 1.807) is 18.5 Å². The lowest BCUT2D eigenvalue weighted by molar-refractivity contribution is 0.229. The predicted molar refractivity (Wildman–Crippen MR) is 45.7 cm³/mol. The first-order valence-electron chi connectivity index (χ1n) is 3.87. The van der Waals surface area contributed by atoms with Crippen molar-refractivity contribution in [2.24, 2.45) is 0 Å². The number of aromatic nitrogens is 2. The summed E-state index contributed by atoms with van der Waals surface area (Å²) in [5.74, 6) is 0.465. The molecule has 0 unspecified atom stereocenters. The zero-order valence-electron chi connectivity index (χ0n) is 6.84. The summed E-state index contributed by atoms with van der Waals surface area (Å²) in [5.41, 5.74) is 1.64. The van der Waals surface area contributed by atoms with E-state index in [1.165, 1.54) is 0 Å². The van der Waals surface area contributed by atoms with Crippen molar-refractivity contribution in [1.82, 2.24) is 10.1 Å². The standard InChI is InChI=1S/C9H8N2O2/c12-6-8-5-9(11-13-8)7-1-3-10-4-2-7/h1-5,12H,6H2. The van der Waals surface area contributed by atoms with E-state index in [0.29, 0.717) is 11.5 Å². The van der Waals surface area contributed by atoms with E-state index in [1.807, 2.05) is 12.1 Å². The lowest BCUT2D eigenvalue weighted by Gasteiger charge is -1.90. The lowest BCUT2D eigenvalue weighted by atomic mass is 10.2. The van der Waals surface area contributed by atoms with Crippen LogP contribution >= 0.6 is 0 Å². The maximum absolute atomic E-state index is 8.75. The van der Waals surface area contributed by atoms with Crippen LogP contribution in [-0.4, -0.2) is 15.2 Å². The first-order chi connectivity index (χ1) is 6.40. The van der Waals surface area contributed by atoms with Gasteiger partial charge < -0.3 is 9.63 Å². The molecule has 0 bridgehead atoms. The highest BCUT2D eigenvalue weighted by atomic mass is 16.5. The van der Waals surface area contributed by atoms with Crippen molar-refractivity contribution in [2.75, 3.05) is 0 Å². The monoisotopic (exact) mass is 176 g/mol. The molecule has 0 amide bonds. The Morgan fingerprint density at radius 2 is 2.08 bits per heavy atom. The van der Waals surface area contributed by atoms with Crippen LogP contribution in [0.5, 0.6) is 0 Å². The normalized spacial score (nSPS) is 10.2. The van der Waals surface area contributed by atoms with E-state index in [2.05, 4.69) is 10.1 Å². The van der Waals surface area contributed by atoms with Crippen LogP contribution in [-0.2, 0) is 6.61 Å². The fraction of sp³-hybridized carbons (Fsp3) is 0.111. The van der Waals surface area contributed by atoms with Gasteiger partial charge in [-0.1, -0.05) is 5.16 Å². The van der Waals surface area contributed by atoms with Gasteiger partial charge in [-0.05, 0) is 12.1 Å². The van der Waals surface area contributed by atoms with Crippen molar-refractivity contribution >= 4 is 0 Å². The Bertz CT molecular complexity index is 384. The summed E-state index contributed by atoms with van der Waals surface area (Å²) in [7, 11) is 0. The SMILES string of the molecule is OCc1cc(-c2ccncc2)no1. The first-order valence-corrected chi connectivity index (χ1v) is 3.87. The zero-order chi connectivity index (χ0) is 9.10. The Kier molecular flexibility index (Phi) is 2.06. The van der Waals surface area contributed by atoms with Crippen LogP contribution in [0.25, 0.3) is 11.3 Å². The number of aliphatic hydroxyl groups excluding tert-OH is 1. The second-order valence-electron chi connectivity index (χ2n) is 2.57. The molecule has 0 fully saturated rings. The molecule has 2 rings (SSSR count). The fourth-order valence-corrected chi connectivity index (χ4v) is 1.05. The molecule has 4 nitrogen and oxygen atoms in total. The van der Waals surface area contributed by atoms with Crippen molar-refractivity contribution in [3.05, 3.63) is 36.4 Å². The second kappa shape index (κ2) is 3.37. The summed E-state index contributed by atoms with van der Waals surface area (Å²) in [6.45, 7) is -0.127. The highest BCUT2D eigenvalue weighted by molar-refractivity contribution is 5.57. The third-order valence-corrected chi connectivity index (χ3v) is 1.69. The summed E-state index contributed by atoms with van der Waals surface area (Å²) < 4.78 is 4.85. The molecule has 66 valence electrons. The topological polar surface area (TPSA) is 59.2 Å². The number of aliphatic hydroxyl groups is 1. The molecule has 0 radical (unpaired) electrons. The summed E-state index contributed by atoms with van der Waals surface area (Å²) in [6, 6.07) is 5.37. The van der Waals surface area contributed by atoms with Crippen LogP contribution in [0, 0.1) is 0 Å². The lowest BCUT2D eigenvalue weighted by Crippen LogP contribution is -1.76. The van der Waals surface area contributed by atoms with Crippen molar-refractivity contribution in [1.29, 1.82) is 0 Å². The smallest absolute Gasteiger partial charge is 0.162 e. The molecule has 0 saturated heterocycles. The largest absolute Gasteiger partial charge is 0.388 e. The highest BCUT2D eigenvalue weighted by Crippen LogP contribution is 2.17. The van der Waals surface area contributed by atoms with Gasteiger partial charge in [0, 0.05) is 24.0 Å². The first kappa shape index (κ1) is 7.94. The van der Waals surface area contributed by atoms with Crippen LogP contribution in [0.3, 0.4) is 0 Å². The molecule has 0 spiro atoms. The van der Waals surface area contributed by atoms with E-state index >= 15 is 0 Å². The Morgan fingerprint density at radius 1 is 1.31 bits per heavy atom. The van der Waals surface area contributed by atoms with Gasteiger partial charge in [-0.2, -0.15) is 0 Å². The van der Waals surface area contributed by atoms with Gasteiger partial charge in [-0.3, -0.25) is 4.98 Å². The number of hydrogen-bond donors (Lipinski definition) is 1. The van der Waals surface area contributed by atoms with Crippen LogP contribution < -0.4 is 0 Å². The van der Waals surface area contributed by atoms with Crippen LogP contribution in [0.1, 0.15) is 5.76 Å². The minimum Gasteiger partial charge on any atom is -0.388 e.